The molecule has 0 aromatic rings. The van der Waals surface area contributed by atoms with E-state index in [1.165, 1.54) is 18.7 Å². The highest BCUT2D eigenvalue weighted by Crippen LogP contribution is 2.58. The van der Waals surface area contributed by atoms with Crippen molar-refractivity contribution in [1.29, 1.82) is 0 Å². The van der Waals surface area contributed by atoms with E-state index in [-0.39, 0.29) is 0 Å². The second kappa shape index (κ2) is 3.81. The second-order valence-electron chi connectivity index (χ2n) is 3.94. The van der Waals surface area contributed by atoms with Crippen LogP contribution in [0.25, 0.3) is 0 Å². The topological polar surface area (TPSA) is 0 Å². The van der Waals surface area contributed by atoms with Crippen LogP contribution in [-0.2, 0) is 0 Å². The lowest BCUT2D eigenvalue weighted by atomic mass is 10.1. The molecule has 0 bridgehead atoms. The van der Waals surface area contributed by atoms with Crippen molar-refractivity contribution in [3.05, 3.63) is 0 Å². The van der Waals surface area contributed by atoms with Crippen molar-refractivity contribution in [2.24, 2.45) is 0 Å². The Morgan fingerprint density at radius 2 is 1.45 bits per heavy atom. The Bertz CT molecular complexity index is 148. The molecule has 0 saturated heterocycles. The van der Waals surface area contributed by atoms with E-state index in [4.69, 9.17) is 0 Å². The molecule has 0 heterocycles. The van der Waals surface area contributed by atoms with Crippen molar-refractivity contribution in [3.63, 3.8) is 0 Å². The molecule has 0 radical (unpaired) electrons. The first-order chi connectivity index (χ1) is 4.93. The fourth-order valence-corrected chi connectivity index (χ4v) is 4.25. The Kier molecular flexibility index (Phi) is 3.91. The largest absolute Gasteiger partial charge is 0.107 e. The highest BCUT2D eigenvalue weighted by Gasteiger charge is 2.28. The van der Waals surface area contributed by atoms with Crippen LogP contribution in [0.1, 0.15) is 41.0 Å². The lowest BCUT2D eigenvalue weighted by Gasteiger charge is -2.38. The van der Waals surface area contributed by atoms with Gasteiger partial charge in [0.15, 0.2) is 0 Å². The summed E-state index contributed by atoms with van der Waals surface area (Å²) in [5.41, 5.74) is 0. The van der Waals surface area contributed by atoms with Crippen LogP contribution in [-0.4, -0.2) is 23.8 Å². The summed E-state index contributed by atoms with van der Waals surface area (Å²) < 4.78 is 0. The molecule has 0 aromatic heterocycles. The van der Waals surface area contributed by atoms with Crippen LogP contribution in [0.4, 0.5) is 0 Å². The summed E-state index contributed by atoms with van der Waals surface area (Å²) in [4.78, 5) is 0. The average molecular weight is 174 g/mol. The third-order valence-corrected chi connectivity index (χ3v) is 8.67. The molecule has 0 saturated carbocycles. The van der Waals surface area contributed by atoms with Crippen LogP contribution >= 0.6 is 6.89 Å². The van der Waals surface area contributed by atoms with Gasteiger partial charge in [-0.25, -0.2) is 0 Å². The molecular formula is C10H23P. The molecule has 0 aliphatic heterocycles. The average Bonchev–Trinajstić information content (AvgIpc) is 2.02. The predicted molar refractivity (Wildman–Crippen MR) is 59.5 cm³/mol. The zero-order valence-electron chi connectivity index (χ0n) is 8.78. The quantitative estimate of drug-likeness (QED) is 0.570. The summed E-state index contributed by atoms with van der Waals surface area (Å²) in [6.07, 6.45) is 8.32. The summed E-state index contributed by atoms with van der Waals surface area (Å²) in [5.74, 6) is 0. The SMILES string of the molecule is C=P(CC)(CC)C(C)(C)CC. The van der Waals surface area contributed by atoms with E-state index >= 15 is 0 Å². The minimum absolute atomic E-state index is 0.497. The molecule has 0 aliphatic carbocycles. The maximum absolute atomic E-state index is 4.46. The molecule has 0 N–H and O–H groups in total. The number of hydrogen-bond acceptors (Lipinski definition) is 0. The normalized spacial score (nSPS) is 13.5. The summed E-state index contributed by atoms with van der Waals surface area (Å²) >= 11 is 0. The van der Waals surface area contributed by atoms with Gasteiger partial charge in [-0.15, -0.1) is 13.2 Å². The third kappa shape index (κ3) is 2.12. The molecule has 0 rings (SSSR count). The van der Waals surface area contributed by atoms with Crippen molar-refractivity contribution >= 4 is 13.2 Å². The smallest absolute Gasteiger partial charge is 0.0160 e. The van der Waals surface area contributed by atoms with E-state index in [0.717, 1.165) is 0 Å². The van der Waals surface area contributed by atoms with Crippen LogP contribution in [0.2, 0.25) is 0 Å². The lowest BCUT2D eigenvalue weighted by molar-refractivity contribution is 0.666. The van der Waals surface area contributed by atoms with Gasteiger partial charge < -0.3 is 0 Å². The van der Waals surface area contributed by atoms with Crippen LogP contribution in [0.5, 0.6) is 0 Å². The van der Waals surface area contributed by atoms with Crippen molar-refractivity contribution in [2.45, 2.75) is 46.2 Å². The van der Waals surface area contributed by atoms with Crippen LogP contribution in [0, 0.1) is 0 Å². The van der Waals surface area contributed by atoms with Gasteiger partial charge in [0, 0.05) is 0 Å². The van der Waals surface area contributed by atoms with E-state index in [0.29, 0.717) is 5.16 Å². The van der Waals surface area contributed by atoms with Gasteiger partial charge in [-0.3, -0.25) is 0 Å². The third-order valence-electron chi connectivity index (χ3n) is 3.36. The fourth-order valence-electron chi connectivity index (χ4n) is 1.42. The molecule has 0 unspecified atom stereocenters. The standard InChI is InChI=1S/C10H23P/c1-7-10(4,5)11(6,8-2)9-3/h6-9H2,1-5H3. The molecular weight excluding hydrogens is 151 g/mol. The van der Waals surface area contributed by atoms with Crippen molar-refractivity contribution in [2.75, 3.05) is 12.3 Å². The second-order valence-corrected chi connectivity index (χ2v) is 8.71. The predicted octanol–water partition coefficient (Wildman–Crippen LogP) is 3.66. The molecule has 0 spiro atoms. The van der Waals surface area contributed by atoms with Gasteiger partial charge >= 0.3 is 0 Å². The molecule has 0 aromatic carbocycles. The zero-order chi connectivity index (χ0) is 9.12. The summed E-state index contributed by atoms with van der Waals surface area (Å²) in [7, 11) is 0. The van der Waals surface area contributed by atoms with Crippen molar-refractivity contribution in [3.8, 4) is 0 Å². The number of hydrogen-bond donors (Lipinski definition) is 0. The minimum atomic E-state index is -0.884. The summed E-state index contributed by atoms with van der Waals surface area (Å²) in [5, 5.41) is 0.497. The molecule has 68 valence electrons. The Morgan fingerprint density at radius 1 is 1.09 bits per heavy atom. The van der Waals surface area contributed by atoms with Crippen molar-refractivity contribution in [1.82, 2.24) is 0 Å². The van der Waals surface area contributed by atoms with Crippen molar-refractivity contribution < 1.29 is 0 Å². The van der Waals surface area contributed by atoms with Crippen LogP contribution < -0.4 is 0 Å². The van der Waals surface area contributed by atoms with Gasteiger partial charge in [-0.05, 0) is 23.9 Å². The molecule has 0 atom stereocenters. The Balaban J connectivity index is 4.63. The summed E-state index contributed by atoms with van der Waals surface area (Å²) in [6.45, 7) is 10.7. The molecule has 1 heteroatoms. The first-order valence-corrected chi connectivity index (χ1v) is 6.99. The highest BCUT2D eigenvalue weighted by atomic mass is 31.2. The van der Waals surface area contributed by atoms with Gasteiger partial charge in [0.2, 0.25) is 0 Å². The van der Waals surface area contributed by atoms with Crippen LogP contribution in [0.3, 0.4) is 0 Å². The lowest BCUT2D eigenvalue weighted by Crippen LogP contribution is -2.21. The highest BCUT2D eigenvalue weighted by molar-refractivity contribution is 7.75. The van der Waals surface area contributed by atoms with Gasteiger partial charge in [0.1, 0.15) is 0 Å². The Hall–Kier alpha value is 0.300. The van der Waals surface area contributed by atoms with E-state index in [1.54, 1.807) is 0 Å². The molecule has 0 aliphatic rings. The van der Waals surface area contributed by atoms with Gasteiger partial charge in [-0.1, -0.05) is 34.6 Å². The fraction of sp³-hybridized carbons (Fsp3) is 0.900. The van der Waals surface area contributed by atoms with Gasteiger partial charge in [0.05, 0.1) is 0 Å². The molecule has 11 heavy (non-hydrogen) atoms. The Labute approximate surface area is 72.4 Å². The van der Waals surface area contributed by atoms with E-state index in [9.17, 15) is 0 Å². The maximum atomic E-state index is 4.46. The summed E-state index contributed by atoms with van der Waals surface area (Å²) in [6, 6.07) is 0. The Morgan fingerprint density at radius 3 is 1.55 bits per heavy atom. The molecule has 0 nitrogen and oxygen atoms in total. The monoisotopic (exact) mass is 174 g/mol. The molecule has 0 amide bonds. The first-order valence-electron chi connectivity index (χ1n) is 4.65. The van der Waals surface area contributed by atoms with E-state index in [1.807, 2.05) is 0 Å². The minimum Gasteiger partial charge on any atom is -0.107 e. The maximum Gasteiger partial charge on any atom is -0.0160 e. The van der Waals surface area contributed by atoms with E-state index in [2.05, 4.69) is 40.9 Å². The van der Waals surface area contributed by atoms with Gasteiger partial charge in [0.25, 0.3) is 0 Å². The zero-order valence-corrected chi connectivity index (χ0v) is 9.67. The molecule has 0 fully saturated rings. The van der Waals surface area contributed by atoms with Crippen LogP contribution in [0.15, 0.2) is 0 Å². The first kappa shape index (κ1) is 11.3. The number of rotatable bonds is 4. The van der Waals surface area contributed by atoms with Gasteiger partial charge in [-0.2, -0.15) is 0 Å². The van der Waals surface area contributed by atoms with E-state index < -0.39 is 6.89 Å².